The molecule has 1 fully saturated rings. The maximum atomic E-state index is 14.6. The lowest BCUT2D eigenvalue weighted by molar-refractivity contribution is -0.127. The number of rotatable bonds is 3. The maximum Gasteiger partial charge on any atom is 0.276 e. The van der Waals surface area contributed by atoms with Gasteiger partial charge in [0.2, 0.25) is 5.91 Å². The molecule has 0 spiro atoms. The number of hydrogen-bond donors (Lipinski definition) is 1. The quantitative estimate of drug-likeness (QED) is 0.618. The molecule has 0 saturated carbocycles. The summed E-state index contributed by atoms with van der Waals surface area (Å²) in [5.41, 5.74) is 1.27. The summed E-state index contributed by atoms with van der Waals surface area (Å²) < 4.78 is 16.1. The van der Waals surface area contributed by atoms with E-state index in [0.717, 1.165) is 5.56 Å². The molecule has 3 heterocycles. The van der Waals surface area contributed by atoms with Gasteiger partial charge in [-0.05, 0) is 24.6 Å². The third-order valence-corrected chi connectivity index (χ3v) is 5.40. The van der Waals surface area contributed by atoms with Crippen LogP contribution in [0.1, 0.15) is 41.0 Å². The van der Waals surface area contributed by atoms with Crippen molar-refractivity contribution in [3.8, 4) is 11.8 Å². The number of halogens is 2. The Morgan fingerprint density at radius 3 is 2.62 bits per heavy atom. The van der Waals surface area contributed by atoms with Crippen LogP contribution >= 0.6 is 11.6 Å². The molecule has 4 rings (SSSR count). The van der Waals surface area contributed by atoms with Gasteiger partial charge in [-0.2, -0.15) is 5.10 Å². The van der Waals surface area contributed by atoms with Gasteiger partial charge in [-0.25, -0.2) is 9.37 Å². The summed E-state index contributed by atoms with van der Waals surface area (Å²) in [6, 6.07) is 10.3. The van der Waals surface area contributed by atoms with Gasteiger partial charge < -0.3 is 10.2 Å². The van der Waals surface area contributed by atoms with Crippen molar-refractivity contribution >= 4 is 29.2 Å². The molecule has 0 radical (unpaired) electrons. The Bertz CT molecular complexity index is 1230. The number of anilines is 1. The lowest BCUT2D eigenvalue weighted by Gasteiger charge is -2.16. The molecule has 1 unspecified atom stereocenters. The second-order valence-corrected chi connectivity index (χ2v) is 7.72. The zero-order chi connectivity index (χ0) is 22.7. The molecule has 0 aliphatic carbocycles. The van der Waals surface area contributed by atoms with Crippen molar-refractivity contribution in [2.45, 2.75) is 19.4 Å². The molecule has 1 atom stereocenters. The maximum absolute atomic E-state index is 14.6. The summed E-state index contributed by atoms with van der Waals surface area (Å²) in [5, 5.41) is 6.78. The smallest absolute Gasteiger partial charge is 0.276 e. The molecule has 0 bridgehead atoms. The summed E-state index contributed by atoms with van der Waals surface area (Å²) >= 11 is 6.19. The lowest BCUT2D eigenvalue weighted by Crippen LogP contribution is -2.28. The van der Waals surface area contributed by atoms with Gasteiger partial charge in [-0.3, -0.25) is 14.3 Å². The highest BCUT2D eigenvalue weighted by Crippen LogP contribution is 2.27. The minimum Gasteiger partial charge on any atom is -0.341 e. The molecule has 1 saturated heterocycles. The van der Waals surface area contributed by atoms with Crippen molar-refractivity contribution < 1.29 is 14.0 Å². The van der Waals surface area contributed by atoms with E-state index < -0.39 is 11.7 Å². The first kappa shape index (κ1) is 21.5. The molecular weight excluding hydrogens is 433 g/mol. The number of carbonyl (C=O) groups is 2. The van der Waals surface area contributed by atoms with E-state index in [1.807, 2.05) is 30.3 Å². The number of aromatic nitrogens is 3. The molecule has 1 N–H and O–H groups in total. The van der Waals surface area contributed by atoms with E-state index in [9.17, 15) is 14.0 Å². The van der Waals surface area contributed by atoms with Crippen molar-refractivity contribution in [1.29, 1.82) is 0 Å². The molecule has 32 heavy (non-hydrogen) atoms. The standard InChI is InChI=1S/C23H19ClFN5O2/c1-15(31)29-10-9-18(14-29)30-21(19(24)13-27-30)23(32)28-22-20(25)11-17(12-26-22)8-7-16-5-3-2-4-6-16/h2-6,11-13,18H,9-10,14H2,1H3,(H,26,28,32). The summed E-state index contributed by atoms with van der Waals surface area (Å²) in [6.45, 7) is 2.49. The van der Waals surface area contributed by atoms with Crippen LogP contribution in [0.5, 0.6) is 0 Å². The number of amides is 2. The lowest BCUT2D eigenvalue weighted by atomic mass is 10.2. The SMILES string of the molecule is CC(=O)N1CCC(n2ncc(Cl)c2C(=O)Nc2ncc(C#Cc3ccccc3)cc2F)C1. The summed E-state index contributed by atoms with van der Waals surface area (Å²) in [7, 11) is 0. The topological polar surface area (TPSA) is 80.1 Å². The third kappa shape index (κ3) is 4.63. The Kier molecular flexibility index (Phi) is 6.19. The third-order valence-electron chi connectivity index (χ3n) is 5.12. The van der Waals surface area contributed by atoms with Crippen LogP contribution in [-0.2, 0) is 4.79 Å². The fraction of sp³-hybridized carbons (Fsp3) is 0.217. The minimum atomic E-state index is -0.718. The number of nitrogens with one attached hydrogen (secondary N) is 1. The summed E-state index contributed by atoms with van der Waals surface area (Å²) in [4.78, 5) is 30.2. The molecule has 1 aliphatic rings. The molecule has 162 valence electrons. The van der Waals surface area contributed by atoms with Gasteiger partial charge >= 0.3 is 0 Å². The van der Waals surface area contributed by atoms with Gasteiger partial charge in [0.05, 0.1) is 17.3 Å². The van der Waals surface area contributed by atoms with Gasteiger partial charge in [0.15, 0.2) is 11.6 Å². The molecule has 1 aliphatic heterocycles. The van der Waals surface area contributed by atoms with Crippen LogP contribution < -0.4 is 5.32 Å². The molecule has 7 nitrogen and oxygen atoms in total. The highest BCUT2D eigenvalue weighted by Gasteiger charge is 2.30. The fourth-order valence-electron chi connectivity index (χ4n) is 3.49. The van der Waals surface area contributed by atoms with E-state index in [-0.39, 0.29) is 28.5 Å². The number of hydrogen-bond acceptors (Lipinski definition) is 4. The van der Waals surface area contributed by atoms with Gasteiger partial charge in [0.25, 0.3) is 5.91 Å². The van der Waals surface area contributed by atoms with E-state index in [2.05, 4.69) is 27.2 Å². The number of nitrogens with zero attached hydrogens (tertiary/aromatic N) is 4. The molecule has 2 amide bonds. The largest absolute Gasteiger partial charge is 0.341 e. The monoisotopic (exact) mass is 451 g/mol. The second kappa shape index (κ2) is 9.20. The second-order valence-electron chi connectivity index (χ2n) is 7.32. The highest BCUT2D eigenvalue weighted by atomic mass is 35.5. The van der Waals surface area contributed by atoms with Crippen LogP contribution in [0.4, 0.5) is 10.2 Å². The normalized spacial score (nSPS) is 15.2. The Hall–Kier alpha value is -3.70. The van der Waals surface area contributed by atoms with Crippen molar-refractivity contribution in [3.05, 3.63) is 76.5 Å². The van der Waals surface area contributed by atoms with Gasteiger partial charge in [-0.1, -0.05) is 41.6 Å². The minimum absolute atomic E-state index is 0.0431. The fourth-order valence-corrected chi connectivity index (χ4v) is 3.70. The van der Waals surface area contributed by atoms with Crippen molar-refractivity contribution in [2.24, 2.45) is 0 Å². The first-order valence-corrected chi connectivity index (χ1v) is 10.3. The molecule has 9 heteroatoms. The Balaban J connectivity index is 1.51. The van der Waals surface area contributed by atoms with Crippen LogP contribution in [-0.4, -0.2) is 44.6 Å². The highest BCUT2D eigenvalue weighted by molar-refractivity contribution is 6.34. The molecule has 1 aromatic carbocycles. The van der Waals surface area contributed by atoms with Crippen molar-refractivity contribution in [3.63, 3.8) is 0 Å². The van der Waals surface area contributed by atoms with Crippen LogP contribution in [0.15, 0.2) is 48.8 Å². The van der Waals surface area contributed by atoms with E-state index in [0.29, 0.717) is 25.1 Å². The average molecular weight is 452 g/mol. The Morgan fingerprint density at radius 2 is 1.94 bits per heavy atom. The van der Waals surface area contributed by atoms with E-state index in [1.54, 1.807) is 4.90 Å². The van der Waals surface area contributed by atoms with Crippen molar-refractivity contribution in [1.82, 2.24) is 19.7 Å². The van der Waals surface area contributed by atoms with E-state index in [4.69, 9.17) is 11.6 Å². The van der Waals surface area contributed by atoms with Crippen LogP contribution in [0.2, 0.25) is 5.02 Å². The van der Waals surface area contributed by atoms with Gasteiger partial charge in [0.1, 0.15) is 5.69 Å². The van der Waals surface area contributed by atoms with Gasteiger partial charge in [0, 0.05) is 37.3 Å². The predicted octanol–water partition coefficient (Wildman–Crippen LogP) is 3.52. The van der Waals surface area contributed by atoms with Crippen LogP contribution in [0.25, 0.3) is 0 Å². The van der Waals surface area contributed by atoms with E-state index >= 15 is 0 Å². The number of pyridine rings is 1. The molecular formula is C23H19ClFN5O2. The summed E-state index contributed by atoms with van der Waals surface area (Å²) in [5.74, 6) is 4.14. The van der Waals surface area contributed by atoms with E-state index in [1.165, 1.54) is 30.1 Å². The molecule has 3 aromatic rings. The number of likely N-dealkylation sites (tertiary alicyclic amines) is 1. The Morgan fingerprint density at radius 1 is 1.19 bits per heavy atom. The van der Waals surface area contributed by atoms with Crippen LogP contribution in [0, 0.1) is 17.7 Å². The molecule has 2 aromatic heterocycles. The average Bonchev–Trinajstić information content (AvgIpc) is 3.41. The number of benzene rings is 1. The first-order valence-electron chi connectivity index (χ1n) is 9.95. The predicted molar refractivity (Wildman–Crippen MR) is 118 cm³/mol. The zero-order valence-corrected chi connectivity index (χ0v) is 17.9. The van der Waals surface area contributed by atoms with Gasteiger partial charge in [-0.15, -0.1) is 0 Å². The summed E-state index contributed by atoms with van der Waals surface area (Å²) in [6.07, 6.45) is 3.38. The number of carbonyl (C=O) groups excluding carboxylic acids is 2. The Labute approximate surface area is 189 Å². The first-order chi connectivity index (χ1) is 15.4. The van der Waals surface area contributed by atoms with Crippen LogP contribution in [0.3, 0.4) is 0 Å². The van der Waals surface area contributed by atoms with Crippen molar-refractivity contribution in [2.75, 3.05) is 18.4 Å². The zero-order valence-electron chi connectivity index (χ0n) is 17.2.